The number of piperidine rings is 1. The molecule has 0 saturated carbocycles. The zero-order valence-electron chi connectivity index (χ0n) is 22.4. The van der Waals surface area contributed by atoms with Crippen LogP contribution in [-0.4, -0.2) is 68.4 Å². The summed E-state index contributed by atoms with van der Waals surface area (Å²) < 4.78 is 16.7. The molecule has 208 valence electrons. The van der Waals surface area contributed by atoms with Crippen molar-refractivity contribution in [3.05, 3.63) is 65.5 Å². The van der Waals surface area contributed by atoms with Crippen LogP contribution < -0.4 is 5.73 Å². The summed E-state index contributed by atoms with van der Waals surface area (Å²) in [6.45, 7) is 3.32. The third-order valence-corrected chi connectivity index (χ3v) is 8.27. The van der Waals surface area contributed by atoms with Crippen LogP contribution in [0.2, 0.25) is 0 Å². The first kappa shape index (κ1) is 25.1. The van der Waals surface area contributed by atoms with E-state index in [-0.39, 0.29) is 41.3 Å². The largest absolute Gasteiger partial charge is 0.383 e. The Balaban J connectivity index is 1.28. The number of nitrogen functional groups attached to an aromatic ring is 1. The molecule has 13 heteroatoms. The maximum atomic E-state index is 15.2. The number of imidazole rings is 1. The Morgan fingerprint density at radius 3 is 2.54 bits per heavy atom. The number of nitrogens with zero attached hydrogens (tertiary/aromatic N) is 7. The molecule has 0 spiro atoms. The van der Waals surface area contributed by atoms with Gasteiger partial charge in [-0.15, -0.1) is 10.2 Å². The van der Waals surface area contributed by atoms with Gasteiger partial charge in [0.2, 0.25) is 5.82 Å². The van der Waals surface area contributed by atoms with E-state index in [4.69, 9.17) is 10.7 Å². The summed E-state index contributed by atoms with van der Waals surface area (Å²) in [7, 11) is 0. The molecule has 0 radical (unpaired) electrons. The molecule has 2 bridgehead atoms. The Labute approximate surface area is 233 Å². The van der Waals surface area contributed by atoms with Crippen LogP contribution in [0.25, 0.3) is 28.2 Å². The zero-order chi connectivity index (χ0) is 28.4. The predicted molar refractivity (Wildman–Crippen MR) is 146 cm³/mol. The molecule has 0 unspecified atom stereocenters. The number of aromatic nitrogens is 8. The fourth-order valence-corrected chi connectivity index (χ4v) is 6.48. The van der Waals surface area contributed by atoms with Gasteiger partial charge in [0.05, 0.1) is 23.0 Å². The van der Waals surface area contributed by atoms with Gasteiger partial charge in [0.25, 0.3) is 5.91 Å². The number of aryl methyl sites for hydroxylation is 1. The van der Waals surface area contributed by atoms with Crippen molar-refractivity contribution in [3.8, 4) is 22.5 Å². The number of nitrogens with two attached hydrogens (primary N) is 1. The molecular weight excluding hydrogens is 527 g/mol. The minimum Gasteiger partial charge on any atom is -0.383 e. The van der Waals surface area contributed by atoms with E-state index >= 15 is 4.39 Å². The highest BCUT2D eigenvalue weighted by atomic mass is 19.1. The molecule has 1 aromatic carbocycles. The molecule has 6 heterocycles. The number of Topliss-reactive ketones (excluding diaryl/α,β-unsaturated/α-hetero) is 1. The summed E-state index contributed by atoms with van der Waals surface area (Å²) in [4.78, 5) is 43.0. The van der Waals surface area contributed by atoms with E-state index in [1.54, 1.807) is 24.5 Å². The van der Waals surface area contributed by atoms with Crippen molar-refractivity contribution in [3.63, 3.8) is 0 Å². The van der Waals surface area contributed by atoms with E-state index in [1.165, 1.54) is 23.8 Å². The van der Waals surface area contributed by atoms with E-state index in [1.807, 2.05) is 11.8 Å². The molecule has 0 aliphatic carbocycles. The third-order valence-electron chi connectivity index (χ3n) is 8.27. The van der Waals surface area contributed by atoms with Crippen LogP contribution in [-0.2, 0) is 0 Å². The van der Waals surface area contributed by atoms with Crippen LogP contribution >= 0.6 is 0 Å². The van der Waals surface area contributed by atoms with Crippen LogP contribution in [0, 0.1) is 12.7 Å². The van der Waals surface area contributed by atoms with Crippen molar-refractivity contribution in [1.82, 2.24) is 44.6 Å². The first-order valence-electron chi connectivity index (χ1n) is 13.5. The molecule has 12 nitrogen and oxygen atoms in total. The molecule has 41 heavy (non-hydrogen) atoms. The number of hydrogen-bond donors (Lipinski definition) is 3. The van der Waals surface area contributed by atoms with Gasteiger partial charge in [-0.25, -0.2) is 14.4 Å². The number of benzene rings is 1. The number of hydrogen-bond acceptors (Lipinski definition) is 8. The first-order chi connectivity index (χ1) is 19.8. The van der Waals surface area contributed by atoms with E-state index in [2.05, 4.69) is 30.2 Å². The number of H-pyrrole nitrogens is 2. The molecule has 1 amide bonds. The second kappa shape index (κ2) is 9.32. The standard InChI is InChI=1S/C28H27FN10O2/c1-13-10-31-25(35-13)19-6-3-15(9-21(19)29)20-11-34-39-24(30)22(14(2)40)23(36-27(20)39)16-7-17-4-5-18(8-16)38(17)28(41)26-32-12-33-37-26/h3,6,9-12,16-18H,4-5,7-8,30H2,1-2H3,(H,31,35)(H,32,33,37)/t16-,17+,18-. The topological polar surface area (TPSA) is 164 Å². The van der Waals surface area contributed by atoms with Crippen LogP contribution in [0.1, 0.15) is 70.9 Å². The second-order valence-corrected chi connectivity index (χ2v) is 10.8. The van der Waals surface area contributed by atoms with Crippen LogP contribution in [0.4, 0.5) is 10.2 Å². The quantitative estimate of drug-likeness (QED) is 0.277. The summed E-state index contributed by atoms with van der Waals surface area (Å²) in [5.41, 5.74) is 10.3. The van der Waals surface area contributed by atoms with Gasteiger partial charge < -0.3 is 20.6 Å². The molecule has 2 aliphatic heterocycles. The van der Waals surface area contributed by atoms with Gasteiger partial charge in [-0.3, -0.25) is 9.59 Å². The van der Waals surface area contributed by atoms with E-state index in [0.29, 0.717) is 52.3 Å². The van der Waals surface area contributed by atoms with Gasteiger partial charge in [0, 0.05) is 35.5 Å². The number of carbonyl (C=O) groups excluding carboxylic acids is 2. The van der Waals surface area contributed by atoms with E-state index in [9.17, 15) is 9.59 Å². The number of ketones is 1. The summed E-state index contributed by atoms with van der Waals surface area (Å²) in [5, 5.41) is 12.1. The second-order valence-electron chi connectivity index (χ2n) is 10.8. The number of carbonyl (C=O) groups is 2. The molecule has 4 aromatic heterocycles. The molecule has 7 rings (SSSR count). The van der Waals surface area contributed by atoms with Crippen molar-refractivity contribution in [2.24, 2.45) is 0 Å². The first-order valence-corrected chi connectivity index (χ1v) is 13.5. The molecular formula is C28H27FN10O2. The summed E-state index contributed by atoms with van der Waals surface area (Å²) >= 11 is 0. The molecule has 5 aromatic rings. The average molecular weight is 555 g/mol. The predicted octanol–water partition coefficient (Wildman–Crippen LogP) is 3.69. The Kier molecular flexibility index (Phi) is 5.70. The highest BCUT2D eigenvalue weighted by Gasteiger charge is 2.45. The number of amides is 1. The Hall–Kier alpha value is -4.94. The minimum absolute atomic E-state index is 0.0216. The molecule has 4 N–H and O–H groups in total. The van der Waals surface area contributed by atoms with Crippen LogP contribution in [0.5, 0.6) is 0 Å². The lowest BCUT2D eigenvalue weighted by atomic mass is 9.85. The van der Waals surface area contributed by atoms with E-state index in [0.717, 1.165) is 18.5 Å². The monoisotopic (exact) mass is 554 g/mol. The van der Waals surface area contributed by atoms with Gasteiger partial charge in [-0.05, 0) is 57.2 Å². The number of anilines is 1. The van der Waals surface area contributed by atoms with Crippen molar-refractivity contribution >= 4 is 23.2 Å². The lowest BCUT2D eigenvalue weighted by Crippen LogP contribution is -2.46. The van der Waals surface area contributed by atoms with Crippen LogP contribution in [0.3, 0.4) is 0 Å². The van der Waals surface area contributed by atoms with Crippen LogP contribution in [0.15, 0.2) is 36.9 Å². The minimum atomic E-state index is -0.440. The lowest BCUT2D eigenvalue weighted by Gasteiger charge is -2.38. The van der Waals surface area contributed by atoms with Gasteiger partial charge >= 0.3 is 0 Å². The highest BCUT2D eigenvalue weighted by molar-refractivity contribution is 6.00. The SMILES string of the molecule is CC(=O)c1c([C@H]2C[C@H]3CC[C@@H](C2)N3C(=O)c2nnc[nH]2)nc2c(-c3ccc(-c4ncc(C)[nH]4)c(F)c3)cnn2c1N. The average Bonchev–Trinajstić information content (AvgIpc) is 3.75. The van der Waals surface area contributed by atoms with Gasteiger partial charge in [-0.2, -0.15) is 9.61 Å². The zero-order valence-corrected chi connectivity index (χ0v) is 22.4. The smallest absolute Gasteiger partial charge is 0.292 e. The van der Waals surface area contributed by atoms with Crippen molar-refractivity contribution in [2.45, 2.75) is 57.5 Å². The Morgan fingerprint density at radius 1 is 1.12 bits per heavy atom. The molecule has 2 saturated heterocycles. The maximum Gasteiger partial charge on any atom is 0.292 e. The number of fused-ring (bicyclic) bond motifs is 3. The summed E-state index contributed by atoms with van der Waals surface area (Å²) in [6.07, 6.45) is 7.60. The molecule has 2 aliphatic rings. The molecule has 2 fully saturated rings. The fraction of sp³-hybridized carbons (Fsp3) is 0.321. The third kappa shape index (κ3) is 3.99. The number of nitrogens with one attached hydrogen (secondary N) is 2. The van der Waals surface area contributed by atoms with Crippen molar-refractivity contribution in [2.75, 3.05) is 5.73 Å². The number of rotatable bonds is 5. The summed E-state index contributed by atoms with van der Waals surface area (Å²) in [5.74, 6) is -0.0501. The Bertz CT molecular complexity index is 1810. The lowest BCUT2D eigenvalue weighted by molar-refractivity contribution is 0.0556. The normalized spacial score (nSPS) is 20.2. The van der Waals surface area contributed by atoms with Gasteiger partial charge in [0.1, 0.15) is 23.8 Å². The van der Waals surface area contributed by atoms with Gasteiger partial charge in [0.15, 0.2) is 11.4 Å². The fourth-order valence-electron chi connectivity index (χ4n) is 6.48. The highest BCUT2D eigenvalue weighted by Crippen LogP contribution is 2.45. The molecule has 3 atom stereocenters. The van der Waals surface area contributed by atoms with Crippen molar-refractivity contribution in [1.29, 1.82) is 0 Å². The van der Waals surface area contributed by atoms with Crippen molar-refractivity contribution < 1.29 is 14.0 Å². The summed E-state index contributed by atoms with van der Waals surface area (Å²) in [6, 6.07) is 4.84. The number of halogens is 1. The van der Waals surface area contributed by atoms with Gasteiger partial charge in [-0.1, -0.05) is 6.07 Å². The number of aromatic amines is 2. The maximum absolute atomic E-state index is 15.2. The Morgan fingerprint density at radius 2 is 1.90 bits per heavy atom. The van der Waals surface area contributed by atoms with E-state index < -0.39 is 5.82 Å².